The summed E-state index contributed by atoms with van der Waals surface area (Å²) in [5, 5.41) is 0. The molecule has 1 radical (unpaired) electrons. The van der Waals surface area contributed by atoms with Gasteiger partial charge in [-0.1, -0.05) is 6.92 Å². The van der Waals surface area contributed by atoms with E-state index in [1.807, 2.05) is 6.92 Å². The molecule has 23 valence electrons. The van der Waals surface area contributed by atoms with E-state index in [0.717, 1.165) is 6.42 Å². The average Bonchev–Trinajstić information content (AvgIpc) is 0.918. The first kappa shape index (κ1) is 8.85. The van der Waals surface area contributed by atoms with Gasteiger partial charge in [-0.3, -0.25) is 0 Å². The Morgan fingerprint density at radius 3 is 1.75 bits per heavy atom. The van der Waals surface area contributed by atoms with Crippen LogP contribution in [0.15, 0.2) is 0 Å². The maximum atomic E-state index is 3.49. The maximum absolute atomic E-state index is 3.49. The van der Waals surface area contributed by atoms with Crippen LogP contribution in [-0.2, 0) is 25.8 Å². The second-order valence-electron chi connectivity index (χ2n) is 0.500. The fourth-order valence-electron chi connectivity index (χ4n) is 0. The summed E-state index contributed by atoms with van der Waals surface area (Å²) in [6, 6.07) is 0. The quantitative estimate of drug-likeness (QED) is 0.390. The molecule has 4 heavy (non-hydrogen) atoms. The first-order valence-corrected chi connectivity index (χ1v) is 1.21. The van der Waals surface area contributed by atoms with Crippen LogP contribution in [-0.4, -0.2) is 0 Å². The molecule has 0 atom stereocenters. The van der Waals surface area contributed by atoms with Gasteiger partial charge in [0.15, 0.2) is 0 Å². The van der Waals surface area contributed by atoms with Gasteiger partial charge in [0.1, 0.15) is 0 Å². The molecule has 0 aliphatic rings. The van der Waals surface area contributed by atoms with Gasteiger partial charge < -0.3 is 6.92 Å². The van der Waals surface area contributed by atoms with Gasteiger partial charge >= 0.3 is 0 Å². The minimum Gasteiger partial charge on any atom is -0.344 e. The van der Waals surface area contributed by atoms with Crippen LogP contribution < -0.4 is 0 Å². The zero-order chi connectivity index (χ0) is 2.71. The topological polar surface area (TPSA) is 0 Å². The van der Waals surface area contributed by atoms with Crippen molar-refractivity contribution in [3.05, 3.63) is 6.92 Å². The van der Waals surface area contributed by atoms with Gasteiger partial charge in [-0.2, -0.15) is 6.42 Å². The van der Waals surface area contributed by atoms with Gasteiger partial charge in [0.05, 0.1) is 0 Å². The summed E-state index contributed by atoms with van der Waals surface area (Å²) in [6.45, 7) is 5.50. The van der Waals surface area contributed by atoms with Crippen molar-refractivity contribution in [1.29, 1.82) is 0 Å². The third kappa shape index (κ3) is 13.3. The van der Waals surface area contributed by atoms with Crippen LogP contribution in [0.1, 0.15) is 13.3 Å². The molecule has 1 heteroatoms. The number of hydrogen-bond acceptors (Lipinski definition) is 0. The Balaban J connectivity index is 0. The molecule has 0 aromatic rings. The standard InChI is InChI=1S/C3H7.Sc/c1-3-2;/h1,3H2,2H3;/q-1;. The van der Waals surface area contributed by atoms with E-state index in [2.05, 4.69) is 6.92 Å². The second kappa shape index (κ2) is 9.12. The average molecular weight is 88.0 g/mol. The molecule has 0 bridgehead atoms. The zero-order valence-corrected chi connectivity index (χ0v) is 4.79. The minimum absolute atomic E-state index is 0. The maximum Gasteiger partial charge on any atom is 0 e. The number of hydrogen-bond donors (Lipinski definition) is 0. The second-order valence-corrected chi connectivity index (χ2v) is 0.500. The fourth-order valence-corrected chi connectivity index (χ4v) is 0. The molecular formula is C3H7Sc-. The van der Waals surface area contributed by atoms with E-state index in [1.165, 1.54) is 0 Å². The number of rotatable bonds is 0. The molecule has 0 aromatic heterocycles. The van der Waals surface area contributed by atoms with Gasteiger partial charge in [0.25, 0.3) is 0 Å². The third-order valence-corrected chi connectivity index (χ3v) is 0. The van der Waals surface area contributed by atoms with E-state index in [1.54, 1.807) is 0 Å². The van der Waals surface area contributed by atoms with E-state index in [4.69, 9.17) is 0 Å². The molecule has 0 unspecified atom stereocenters. The van der Waals surface area contributed by atoms with Crippen molar-refractivity contribution in [1.82, 2.24) is 0 Å². The van der Waals surface area contributed by atoms with Gasteiger partial charge in [-0.15, -0.1) is 0 Å². The van der Waals surface area contributed by atoms with Crippen molar-refractivity contribution in [3.63, 3.8) is 0 Å². The van der Waals surface area contributed by atoms with Crippen LogP contribution in [0.2, 0.25) is 0 Å². The molecule has 0 heterocycles. The van der Waals surface area contributed by atoms with Crippen LogP contribution in [0.3, 0.4) is 0 Å². The summed E-state index contributed by atoms with van der Waals surface area (Å²) in [5.74, 6) is 0. The van der Waals surface area contributed by atoms with Gasteiger partial charge in [0.2, 0.25) is 0 Å². The van der Waals surface area contributed by atoms with Crippen LogP contribution in [0.4, 0.5) is 0 Å². The summed E-state index contributed by atoms with van der Waals surface area (Å²) < 4.78 is 0. The third-order valence-electron chi connectivity index (χ3n) is 0. The van der Waals surface area contributed by atoms with Gasteiger partial charge in [0, 0.05) is 25.8 Å². The monoisotopic (exact) mass is 88.0 g/mol. The predicted molar refractivity (Wildman–Crippen MR) is 15.6 cm³/mol. The molecule has 0 aliphatic heterocycles. The SMILES string of the molecule is [CH2-]CC.[Sc]. The van der Waals surface area contributed by atoms with Crippen molar-refractivity contribution < 1.29 is 25.8 Å². The Morgan fingerprint density at radius 2 is 1.75 bits per heavy atom. The van der Waals surface area contributed by atoms with Crippen molar-refractivity contribution in [3.8, 4) is 0 Å². The van der Waals surface area contributed by atoms with E-state index in [-0.39, 0.29) is 25.8 Å². The summed E-state index contributed by atoms with van der Waals surface area (Å²) in [6.07, 6.45) is 1.00. The van der Waals surface area contributed by atoms with Crippen molar-refractivity contribution in [2.45, 2.75) is 13.3 Å². The van der Waals surface area contributed by atoms with Crippen molar-refractivity contribution >= 4 is 0 Å². The summed E-state index contributed by atoms with van der Waals surface area (Å²) in [4.78, 5) is 0. The summed E-state index contributed by atoms with van der Waals surface area (Å²) in [7, 11) is 0. The molecule has 0 rings (SSSR count). The summed E-state index contributed by atoms with van der Waals surface area (Å²) in [5.41, 5.74) is 0. The molecule has 0 aromatic carbocycles. The minimum atomic E-state index is 0. The molecule has 0 spiro atoms. The largest absolute Gasteiger partial charge is 0.344 e. The van der Waals surface area contributed by atoms with E-state index in [9.17, 15) is 0 Å². The molecule has 0 N–H and O–H groups in total. The molecular weight excluding hydrogens is 81.0 g/mol. The Morgan fingerprint density at radius 1 is 1.75 bits per heavy atom. The Hall–Kier alpha value is 0.870. The molecule has 0 amide bonds. The summed E-state index contributed by atoms with van der Waals surface area (Å²) >= 11 is 0. The normalized spacial score (nSPS) is 4.50. The molecule has 0 aliphatic carbocycles. The zero-order valence-electron chi connectivity index (χ0n) is 2.99. The van der Waals surface area contributed by atoms with Crippen LogP contribution in [0.5, 0.6) is 0 Å². The van der Waals surface area contributed by atoms with Crippen molar-refractivity contribution in [2.24, 2.45) is 0 Å². The van der Waals surface area contributed by atoms with E-state index >= 15 is 0 Å². The first-order valence-electron chi connectivity index (χ1n) is 1.21. The van der Waals surface area contributed by atoms with Gasteiger partial charge in [-0.05, 0) is 0 Å². The smallest absolute Gasteiger partial charge is 0 e. The van der Waals surface area contributed by atoms with Crippen LogP contribution in [0, 0.1) is 6.92 Å². The van der Waals surface area contributed by atoms with Crippen LogP contribution in [0.25, 0.3) is 0 Å². The van der Waals surface area contributed by atoms with E-state index in [0.29, 0.717) is 0 Å². The Bertz CT molecular complexity index is 3.25. The first-order chi connectivity index (χ1) is 1.41. The van der Waals surface area contributed by atoms with Crippen LogP contribution >= 0.6 is 0 Å². The molecule has 0 saturated carbocycles. The molecule has 0 saturated heterocycles. The van der Waals surface area contributed by atoms with E-state index < -0.39 is 0 Å². The Kier molecular flexibility index (Phi) is 20.2. The predicted octanol–water partition coefficient (Wildman–Crippen LogP) is 1.23. The molecule has 0 nitrogen and oxygen atoms in total. The van der Waals surface area contributed by atoms with Crippen molar-refractivity contribution in [2.75, 3.05) is 0 Å². The Labute approximate surface area is 46.4 Å². The molecule has 0 fully saturated rings. The fraction of sp³-hybridized carbons (Fsp3) is 0.667. The van der Waals surface area contributed by atoms with Gasteiger partial charge in [-0.25, -0.2) is 0 Å².